The molecule has 0 fully saturated rings. The number of para-hydroxylation sites is 1. The van der Waals surface area contributed by atoms with Crippen molar-refractivity contribution in [3.63, 3.8) is 0 Å². The van der Waals surface area contributed by atoms with E-state index in [9.17, 15) is 0 Å². The molecule has 1 N–H and O–H groups in total. The molecule has 0 aliphatic heterocycles. The fraction of sp³-hybridized carbons (Fsp3) is 0.214. The second-order valence-electron chi connectivity index (χ2n) is 3.83. The number of ether oxygens (including phenoxy) is 1. The smallest absolute Gasteiger partial charge is 0.124 e. The van der Waals surface area contributed by atoms with Gasteiger partial charge >= 0.3 is 0 Å². The number of aromatic nitrogens is 1. The molecule has 0 saturated heterocycles. The molecule has 0 amide bonds. The van der Waals surface area contributed by atoms with E-state index >= 15 is 0 Å². The van der Waals surface area contributed by atoms with Crippen LogP contribution in [0.3, 0.4) is 0 Å². The van der Waals surface area contributed by atoms with Crippen molar-refractivity contribution < 1.29 is 4.74 Å². The van der Waals surface area contributed by atoms with Gasteiger partial charge in [0.15, 0.2) is 0 Å². The van der Waals surface area contributed by atoms with Crippen LogP contribution < -0.4 is 10.1 Å². The Morgan fingerprint density at radius 1 is 1.22 bits per heavy atom. The Balaban J connectivity index is 2.49. The van der Waals surface area contributed by atoms with E-state index in [1.807, 2.05) is 43.4 Å². The third-order valence-corrected chi connectivity index (χ3v) is 3.47. The minimum absolute atomic E-state index is 0.00303. The number of pyridine rings is 1. The highest BCUT2D eigenvalue weighted by molar-refractivity contribution is 9.10. The number of hydrogen-bond donors (Lipinski definition) is 1. The van der Waals surface area contributed by atoms with Crippen molar-refractivity contribution in [3.05, 3.63) is 58.3 Å². The Hall–Kier alpha value is -1.39. The standard InChI is InChI=1S/C14H15BrN2O/c1-16-13(14-11(15)7-5-9-17-14)10-6-3-4-8-12(10)18-2/h3-9,13,16H,1-2H3. The Kier molecular flexibility index (Phi) is 4.33. The van der Waals surface area contributed by atoms with Gasteiger partial charge in [-0.25, -0.2) is 0 Å². The molecule has 94 valence electrons. The number of methoxy groups -OCH3 is 1. The topological polar surface area (TPSA) is 34.1 Å². The van der Waals surface area contributed by atoms with Gasteiger partial charge in [-0.05, 0) is 41.2 Å². The van der Waals surface area contributed by atoms with Gasteiger partial charge in [-0.1, -0.05) is 18.2 Å². The van der Waals surface area contributed by atoms with Gasteiger partial charge in [0.05, 0.1) is 18.8 Å². The fourth-order valence-electron chi connectivity index (χ4n) is 1.95. The van der Waals surface area contributed by atoms with E-state index in [1.165, 1.54) is 0 Å². The first-order chi connectivity index (χ1) is 8.77. The number of hydrogen-bond acceptors (Lipinski definition) is 3. The molecule has 4 heteroatoms. The molecule has 0 saturated carbocycles. The molecule has 1 aromatic carbocycles. The number of nitrogens with one attached hydrogen (secondary N) is 1. The van der Waals surface area contributed by atoms with Crippen molar-refractivity contribution in [1.29, 1.82) is 0 Å². The minimum Gasteiger partial charge on any atom is -0.496 e. The van der Waals surface area contributed by atoms with E-state index in [-0.39, 0.29) is 6.04 Å². The van der Waals surface area contributed by atoms with Crippen LogP contribution in [0.2, 0.25) is 0 Å². The lowest BCUT2D eigenvalue weighted by Crippen LogP contribution is -2.20. The quantitative estimate of drug-likeness (QED) is 0.942. The van der Waals surface area contributed by atoms with E-state index in [2.05, 4.69) is 26.2 Å². The fourth-order valence-corrected chi connectivity index (χ4v) is 2.44. The van der Waals surface area contributed by atoms with Crippen LogP contribution in [0.1, 0.15) is 17.3 Å². The van der Waals surface area contributed by atoms with Gasteiger partial charge in [-0.3, -0.25) is 4.98 Å². The normalized spacial score (nSPS) is 12.2. The molecule has 18 heavy (non-hydrogen) atoms. The highest BCUT2D eigenvalue weighted by atomic mass is 79.9. The first kappa shape index (κ1) is 13.1. The molecule has 1 aromatic heterocycles. The molecule has 0 bridgehead atoms. The molecular weight excluding hydrogens is 292 g/mol. The Morgan fingerprint density at radius 2 is 2.00 bits per heavy atom. The average Bonchev–Trinajstić information content (AvgIpc) is 2.42. The van der Waals surface area contributed by atoms with Gasteiger partial charge in [0.2, 0.25) is 0 Å². The van der Waals surface area contributed by atoms with Gasteiger partial charge in [0.25, 0.3) is 0 Å². The van der Waals surface area contributed by atoms with Gasteiger partial charge < -0.3 is 10.1 Å². The van der Waals surface area contributed by atoms with Crippen molar-refractivity contribution in [1.82, 2.24) is 10.3 Å². The summed E-state index contributed by atoms with van der Waals surface area (Å²) in [6.07, 6.45) is 1.79. The van der Waals surface area contributed by atoms with Crippen LogP contribution >= 0.6 is 15.9 Å². The summed E-state index contributed by atoms with van der Waals surface area (Å²) < 4.78 is 6.39. The summed E-state index contributed by atoms with van der Waals surface area (Å²) in [5.41, 5.74) is 2.02. The Morgan fingerprint density at radius 3 is 2.67 bits per heavy atom. The van der Waals surface area contributed by atoms with Crippen LogP contribution in [0.15, 0.2) is 47.1 Å². The predicted octanol–water partition coefficient (Wildman–Crippen LogP) is 3.16. The lowest BCUT2D eigenvalue weighted by molar-refractivity contribution is 0.405. The summed E-state index contributed by atoms with van der Waals surface area (Å²) >= 11 is 3.54. The van der Waals surface area contributed by atoms with E-state index < -0.39 is 0 Å². The second kappa shape index (κ2) is 5.98. The zero-order valence-corrected chi connectivity index (χ0v) is 11.9. The highest BCUT2D eigenvalue weighted by Crippen LogP contribution is 2.31. The van der Waals surface area contributed by atoms with Crippen molar-refractivity contribution >= 4 is 15.9 Å². The zero-order chi connectivity index (χ0) is 13.0. The maximum atomic E-state index is 5.41. The summed E-state index contributed by atoms with van der Waals surface area (Å²) in [5.74, 6) is 0.856. The van der Waals surface area contributed by atoms with Crippen molar-refractivity contribution in [2.24, 2.45) is 0 Å². The lowest BCUT2D eigenvalue weighted by Gasteiger charge is -2.19. The molecule has 2 aromatic rings. The van der Waals surface area contributed by atoms with Crippen molar-refractivity contribution in [3.8, 4) is 5.75 Å². The van der Waals surface area contributed by atoms with Crippen LogP contribution in [-0.2, 0) is 0 Å². The molecule has 1 atom stereocenters. The van der Waals surface area contributed by atoms with Gasteiger partial charge in [0.1, 0.15) is 5.75 Å². The Labute approximate surface area is 115 Å². The maximum Gasteiger partial charge on any atom is 0.124 e. The minimum atomic E-state index is -0.00303. The molecule has 0 aliphatic rings. The first-order valence-corrected chi connectivity index (χ1v) is 6.47. The molecule has 3 nitrogen and oxygen atoms in total. The molecule has 2 rings (SSSR count). The van der Waals surface area contributed by atoms with E-state index in [4.69, 9.17) is 4.74 Å². The third-order valence-electron chi connectivity index (χ3n) is 2.80. The highest BCUT2D eigenvalue weighted by Gasteiger charge is 2.19. The third kappa shape index (κ3) is 2.54. The second-order valence-corrected chi connectivity index (χ2v) is 4.69. The number of rotatable bonds is 4. The average molecular weight is 307 g/mol. The van der Waals surface area contributed by atoms with Gasteiger partial charge in [-0.2, -0.15) is 0 Å². The van der Waals surface area contributed by atoms with Crippen LogP contribution in [0.4, 0.5) is 0 Å². The number of benzene rings is 1. The summed E-state index contributed by atoms with van der Waals surface area (Å²) in [6.45, 7) is 0. The van der Waals surface area contributed by atoms with Crippen LogP contribution in [0.25, 0.3) is 0 Å². The predicted molar refractivity (Wildman–Crippen MR) is 75.8 cm³/mol. The molecule has 1 unspecified atom stereocenters. The van der Waals surface area contributed by atoms with E-state index in [1.54, 1.807) is 13.3 Å². The number of nitrogens with zero attached hydrogens (tertiary/aromatic N) is 1. The Bertz CT molecular complexity index is 531. The first-order valence-electron chi connectivity index (χ1n) is 5.68. The monoisotopic (exact) mass is 306 g/mol. The van der Waals surface area contributed by atoms with Gasteiger partial charge in [-0.15, -0.1) is 0 Å². The van der Waals surface area contributed by atoms with Crippen molar-refractivity contribution in [2.75, 3.05) is 14.2 Å². The van der Waals surface area contributed by atoms with E-state index in [0.717, 1.165) is 21.5 Å². The van der Waals surface area contributed by atoms with E-state index in [0.29, 0.717) is 0 Å². The molecule has 0 radical (unpaired) electrons. The zero-order valence-electron chi connectivity index (χ0n) is 10.4. The maximum absolute atomic E-state index is 5.41. The molecule has 0 spiro atoms. The molecule has 0 aliphatic carbocycles. The molecular formula is C14H15BrN2O. The number of halogens is 1. The summed E-state index contributed by atoms with van der Waals surface area (Å²) in [7, 11) is 3.59. The summed E-state index contributed by atoms with van der Waals surface area (Å²) in [5, 5.41) is 3.28. The van der Waals surface area contributed by atoms with Crippen molar-refractivity contribution in [2.45, 2.75) is 6.04 Å². The lowest BCUT2D eigenvalue weighted by atomic mass is 10.0. The molecule has 1 heterocycles. The summed E-state index contributed by atoms with van der Waals surface area (Å²) in [6, 6.07) is 11.8. The van der Waals surface area contributed by atoms with Crippen LogP contribution in [0, 0.1) is 0 Å². The van der Waals surface area contributed by atoms with Crippen LogP contribution in [0.5, 0.6) is 5.75 Å². The SMILES string of the molecule is CNC(c1ccccc1OC)c1ncccc1Br. The summed E-state index contributed by atoms with van der Waals surface area (Å²) in [4.78, 5) is 4.44. The largest absolute Gasteiger partial charge is 0.496 e. The van der Waals surface area contributed by atoms with Crippen LogP contribution in [-0.4, -0.2) is 19.1 Å². The van der Waals surface area contributed by atoms with Gasteiger partial charge in [0, 0.05) is 16.2 Å².